The molecule has 0 bridgehead atoms. The molecule has 2 aromatic heterocycles. The number of nitrogens with zero attached hydrogens (tertiary/aromatic N) is 4. The third kappa shape index (κ3) is 3.35. The first-order valence-electron chi connectivity index (χ1n) is 8.66. The average molecular weight is 367 g/mol. The van der Waals surface area contributed by atoms with Crippen LogP contribution in [0.3, 0.4) is 0 Å². The standard InChI is InChI=1S/C20H19ClN4O/c1-14-19(12-23-25(14)17-5-2-4-16(21)10-17)20(26)24(13-15-7-8-15)18-6-3-9-22-11-18/h2-6,9-12,15H,7-8,13H2,1H3. The Bertz CT molecular complexity index is 934. The van der Waals surface area contributed by atoms with Crippen molar-refractivity contribution in [3.63, 3.8) is 0 Å². The zero-order valence-corrected chi connectivity index (χ0v) is 15.2. The second-order valence-electron chi connectivity index (χ2n) is 6.61. The van der Waals surface area contributed by atoms with Gasteiger partial charge in [0, 0.05) is 17.8 Å². The largest absolute Gasteiger partial charge is 0.306 e. The molecule has 132 valence electrons. The number of halogens is 1. The third-order valence-corrected chi connectivity index (χ3v) is 4.87. The Morgan fingerprint density at radius 3 is 2.81 bits per heavy atom. The Morgan fingerprint density at radius 1 is 1.27 bits per heavy atom. The van der Waals surface area contributed by atoms with Crippen molar-refractivity contribution in [1.29, 1.82) is 0 Å². The molecule has 1 amide bonds. The summed E-state index contributed by atoms with van der Waals surface area (Å²) >= 11 is 6.09. The van der Waals surface area contributed by atoms with Crippen molar-refractivity contribution in [3.05, 3.63) is 71.3 Å². The minimum Gasteiger partial charge on any atom is -0.306 e. The van der Waals surface area contributed by atoms with E-state index in [9.17, 15) is 4.79 Å². The van der Waals surface area contributed by atoms with Gasteiger partial charge in [0.1, 0.15) is 0 Å². The molecule has 6 heteroatoms. The molecule has 3 aromatic rings. The van der Waals surface area contributed by atoms with Crippen LogP contribution in [0.1, 0.15) is 28.9 Å². The van der Waals surface area contributed by atoms with E-state index in [-0.39, 0.29) is 5.91 Å². The van der Waals surface area contributed by atoms with Gasteiger partial charge in [0.15, 0.2) is 0 Å². The molecule has 26 heavy (non-hydrogen) atoms. The molecule has 0 unspecified atom stereocenters. The Labute approximate surface area is 157 Å². The summed E-state index contributed by atoms with van der Waals surface area (Å²) < 4.78 is 1.75. The number of aromatic nitrogens is 3. The molecule has 0 N–H and O–H groups in total. The van der Waals surface area contributed by atoms with Crippen LogP contribution in [-0.2, 0) is 0 Å². The summed E-state index contributed by atoms with van der Waals surface area (Å²) in [5.41, 5.74) is 3.04. The highest BCUT2D eigenvalue weighted by Crippen LogP contribution is 2.32. The predicted octanol–water partition coefficient (Wildman–Crippen LogP) is 4.29. The molecule has 4 rings (SSSR count). The van der Waals surface area contributed by atoms with Crippen LogP contribution in [0, 0.1) is 12.8 Å². The van der Waals surface area contributed by atoms with Gasteiger partial charge in [0.25, 0.3) is 5.91 Å². The molecule has 1 aliphatic rings. The van der Waals surface area contributed by atoms with E-state index >= 15 is 0 Å². The quantitative estimate of drug-likeness (QED) is 0.677. The summed E-state index contributed by atoms with van der Waals surface area (Å²) in [7, 11) is 0. The summed E-state index contributed by atoms with van der Waals surface area (Å²) in [4.78, 5) is 19.2. The molecule has 1 aliphatic carbocycles. The highest BCUT2D eigenvalue weighted by Gasteiger charge is 2.30. The number of hydrogen-bond donors (Lipinski definition) is 0. The molecule has 1 aromatic carbocycles. The number of amides is 1. The van der Waals surface area contributed by atoms with Crippen LogP contribution in [0.4, 0.5) is 5.69 Å². The third-order valence-electron chi connectivity index (χ3n) is 4.63. The molecule has 0 saturated heterocycles. The van der Waals surface area contributed by atoms with Gasteiger partial charge in [-0.15, -0.1) is 0 Å². The van der Waals surface area contributed by atoms with E-state index in [2.05, 4.69) is 10.1 Å². The van der Waals surface area contributed by atoms with Crippen molar-refractivity contribution in [2.45, 2.75) is 19.8 Å². The molecule has 0 atom stereocenters. The summed E-state index contributed by atoms with van der Waals surface area (Å²) in [5, 5.41) is 5.05. The van der Waals surface area contributed by atoms with Crippen LogP contribution in [0.15, 0.2) is 55.0 Å². The Kier molecular flexibility index (Phi) is 4.47. The number of carbonyl (C=O) groups is 1. The number of anilines is 1. The lowest BCUT2D eigenvalue weighted by molar-refractivity contribution is 0.0985. The fourth-order valence-electron chi connectivity index (χ4n) is 3.01. The van der Waals surface area contributed by atoms with Crippen LogP contribution in [-0.4, -0.2) is 27.2 Å². The van der Waals surface area contributed by atoms with Crippen molar-refractivity contribution in [1.82, 2.24) is 14.8 Å². The van der Waals surface area contributed by atoms with E-state index in [1.165, 1.54) is 12.8 Å². The maximum Gasteiger partial charge on any atom is 0.261 e. The zero-order chi connectivity index (χ0) is 18.1. The lowest BCUT2D eigenvalue weighted by Crippen LogP contribution is -2.33. The van der Waals surface area contributed by atoms with Crippen LogP contribution in [0.2, 0.25) is 5.02 Å². The molecule has 1 fully saturated rings. The van der Waals surface area contributed by atoms with Crippen molar-refractivity contribution in [3.8, 4) is 5.69 Å². The number of rotatable bonds is 5. The number of hydrogen-bond acceptors (Lipinski definition) is 3. The van der Waals surface area contributed by atoms with Crippen LogP contribution < -0.4 is 4.90 Å². The van der Waals surface area contributed by atoms with Crippen molar-refractivity contribution < 1.29 is 4.79 Å². The van der Waals surface area contributed by atoms with Gasteiger partial charge in [-0.05, 0) is 56.0 Å². The Hall–Kier alpha value is -2.66. The lowest BCUT2D eigenvalue weighted by atomic mass is 10.2. The monoisotopic (exact) mass is 366 g/mol. The molecule has 0 aliphatic heterocycles. The van der Waals surface area contributed by atoms with Gasteiger partial charge < -0.3 is 4.90 Å². The van der Waals surface area contributed by atoms with E-state index in [0.717, 1.165) is 17.1 Å². The normalized spacial score (nSPS) is 13.6. The Morgan fingerprint density at radius 2 is 2.12 bits per heavy atom. The molecule has 1 saturated carbocycles. The number of benzene rings is 1. The molecular weight excluding hydrogens is 348 g/mol. The smallest absolute Gasteiger partial charge is 0.261 e. The highest BCUT2D eigenvalue weighted by molar-refractivity contribution is 6.30. The first kappa shape index (κ1) is 16.8. The average Bonchev–Trinajstić information content (AvgIpc) is 3.40. The fraction of sp³-hybridized carbons (Fsp3) is 0.250. The van der Waals surface area contributed by atoms with Crippen LogP contribution in [0.25, 0.3) is 5.69 Å². The lowest BCUT2D eigenvalue weighted by Gasteiger charge is -2.22. The summed E-state index contributed by atoms with van der Waals surface area (Å²) in [5.74, 6) is 0.526. The van der Waals surface area contributed by atoms with E-state index in [1.54, 1.807) is 23.3 Å². The zero-order valence-electron chi connectivity index (χ0n) is 14.5. The van der Waals surface area contributed by atoms with Crippen LogP contribution >= 0.6 is 11.6 Å². The predicted molar refractivity (Wildman–Crippen MR) is 102 cm³/mol. The van der Waals surface area contributed by atoms with E-state index in [4.69, 9.17) is 11.6 Å². The second kappa shape index (κ2) is 6.92. The van der Waals surface area contributed by atoms with Gasteiger partial charge >= 0.3 is 0 Å². The second-order valence-corrected chi connectivity index (χ2v) is 7.04. The molecule has 0 spiro atoms. The van der Waals surface area contributed by atoms with Gasteiger partial charge in [-0.25, -0.2) is 4.68 Å². The first-order chi connectivity index (χ1) is 12.6. The van der Waals surface area contributed by atoms with Crippen molar-refractivity contribution in [2.24, 2.45) is 5.92 Å². The fourth-order valence-corrected chi connectivity index (χ4v) is 3.20. The van der Waals surface area contributed by atoms with E-state index in [0.29, 0.717) is 23.0 Å². The van der Waals surface area contributed by atoms with E-state index in [1.807, 2.05) is 48.2 Å². The molecule has 5 nitrogen and oxygen atoms in total. The minimum absolute atomic E-state index is 0.0457. The number of pyridine rings is 1. The maximum absolute atomic E-state index is 13.3. The number of carbonyl (C=O) groups excluding carboxylic acids is 1. The maximum atomic E-state index is 13.3. The van der Waals surface area contributed by atoms with Gasteiger partial charge in [-0.1, -0.05) is 17.7 Å². The highest BCUT2D eigenvalue weighted by atomic mass is 35.5. The molecule has 2 heterocycles. The van der Waals surface area contributed by atoms with Gasteiger partial charge in [0.2, 0.25) is 0 Å². The van der Waals surface area contributed by atoms with E-state index < -0.39 is 0 Å². The summed E-state index contributed by atoms with van der Waals surface area (Å²) in [6, 6.07) is 11.2. The summed E-state index contributed by atoms with van der Waals surface area (Å²) in [6.45, 7) is 2.62. The van der Waals surface area contributed by atoms with Crippen LogP contribution in [0.5, 0.6) is 0 Å². The minimum atomic E-state index is -0.0457. The first-order valence-corrected chi connectivity index (χ1v) is 9.04. The van der Waals surface area contributed by atoms with Gasteiger partial charge in [-0.3, -0.25) is 9.78 Å². The Balaban J connectivity index is 1.68. The summed E-state index contributed by atoms with van der Waals surface area (Å²) in [6.07, 6.45) is 7.42. The molecule has 0 radical (unpaired) electrons. The van der Waals surface area contributed by atoms with Crippen molar-refractivity contribution >= 4 is 23.2 Å². The van der Waals surface area contributed by atoms with Crippen molar-refractivity contribution in [2.75, 3.05) is 11.4 Å². The SMILES string of the molecule is Cc1c(C(=O)N(CC2CC2)c2cccnc2)cnn1-c1cccc(Cl)c1. The van der Waals surface area contributed by atoms with Gasteiger partial charge in [0.05, 0.1) is 35.0 Å². The topological polar surface area (TPSA) is 51.0 Å². The molecular formula is C20H19ClN4O. The van der Waals surface area contributed by atoms with Gasteiger partial charge in [-0.2, -0.15) is 5.10 Å².